The lowest BCUT2D eigenvalue weighted by molar-refractivity contribution is -0.218. The lowest BCUT2D eigenvalue weighted by atomic mass is 10.1. The van der Waals surface area contributed by atoms with E-state index in [1.54, 1.807) is 27.0 Å². The average Bonchev–Trinajstić information content (AvgIpc) is 3.68. The Kier molecular flexibility index (Phi) is 14.0. The Balaban J connectivity index is 0.000000247. The van der Waals surface area contributed by atoms with E-state index in [-0.39, 0.29) is 42.1 Å². The van der Waals surface area contributed by atoms with Gasteiger partial charge in [-0.25, -0.2) is 18.2 Å². The summed E-state index contributed by atoms with van der Waals surface area (Å²) in [5, 5.41) is 8.67. The molecule has 0 bridgehead atoms. The van der Waals surface area contributed by atoms with Gasteiger partial charge >= 0.3 is 0 Å². The van der Waals surface area contributed by atoms with Gasteiger partial charge in [0.05, 0.1) is 5.60 Å². The molecular weight excluding hydrogens is 711 g/mol. The maximum Gasteiger partial charge on any atom is 0.254 e. The van der Waals surface area contributed by atoms with E-state index >= 15 is 0 Å². The van der Waals surface area contributed by atoms with Crippen molar-refractivity contribution in [2.24, 2.45) is 0 Å². The molecule has 2 aliphatic rings. The van der Waals surface area contributed by atoms with E-state index in [4.69, 9.17) is 9.68 Å². The van der Waals surface area contributed by atoms with Crippen LogP contribution in [0.5, 0.6) is 5.75 Å². The van der Waals surface area contributed by atoms with Crippen LogP contribution in [-0.4, -0.2) is 76.1 Å². The molecule has 2 aliphatic heterocycles. The van der Waals surface area contributed by atoms with Crippen LogP contribution in [0, 0.1) is 29.1 Å². The molecule has 0 unspecified atom stereocenters. The Morgan fingerprint density at radius 1 is 0.642 bits per heavy atom. The van der Waals surface area contributed by atoms with Crippen molar-refractivity contribution in [3.05, 3.63) is 59.6 Å². The summed E-state index contributed by atoms with van der Waals surface area (Å²) in [6.45, 7) is 21.0. The average molecular weight is 757 g/mol. The highest BCUT2D eigenvalue weighted by atomic mass is 19.2. The number of nitrogens with zero attached hydrogens (tertiary/aromatic N) is 6. The molecule has 1 fully saturated rings. The first-order valence-corrected chi connectivity index (χ1v) is 16.2. The smallest absolute Gasteiger partial charge is 0.254 e. The van der Waals surface area contributed by atoms with Gasteiger partial charge in [0.2, 0.25) is 34.7 Å². The van der Waals surface area contributed by atoms with E-state index in [1.165, 1.54) is 42.7 Å². The number of aromatic nitrogens is 4. The fourth-order valence-corrected chi connectivity index (χ4v) is 4.04. The molecule has 0 aliphatic carbocycles. The number of halogens is 5. The number of carbonyl (C=O) groups excluding carboxylic acids is 4. The normalized spacial score (nSPS) is 14.8. The zero-order valence-electron chi connectivity index (χ0n) is 31.7. The molecular formula is C35H45F5N6O7. The van der Waals surface area contributed by atoms with E-state index < -0.39 is 51.6 Å². The van der Waals surface area contributed by atoms with E-state index in [2.05, 4.69) is 20.0 Å². The van der Waals surface area contributed by atoms with Gasteiger partial charge in [-0.2, -0.15) is 13.8 Å². The second-order valence-electron chi connectivity index (χ2n) is 15.4. The lowest BCUT2D eigenvalue weighted by Gasteiger charge is -2.29. The Hall–Kier alpha value is -5.00. The lowest BCUT2D eigenvalue weighted by Crippen LogP contribution is -2.45. The first kappa shape index (κ1) is 44.2. The molecule has 4 amide bonds. The van der Waals surface area contributed by atoms with Crippen LogP contribution in [0.15, 0.2) is 30.5 Å². The number of benzene rings is 1. The van der Waals surface area contributed by atoms with Crippen molar-refractivity contribution in [3.63, 3.8) is 0 Å². The number of imide groups is 2. The van der Waals surface area contributed by atoms with Crippen molar-refractivity contribution >= 4 is 34.8 Å². The minimum atomic E-state index is -2.20. The summed E-state index contributed by atoms with van der Waals surface area (Å²) in [5.41, 5.74) is -0.900. The van der Waals surface area contributed by atoms with Gasteiger partial charge in [0.1, 0.15) is 16.7 Å². The Bertz CT molecular complexity index is 1790. The fourth-order valence-electron chi connectivity index (χ4n) is 4.04. The molecule has 0 saturated carbocycles. The summed E-state index contributed by atoms with van der Waals surface area (Å²) >= 11 is 0. The molecule has 53 heavy (non-hydrogen) atoms. The summed E-state index contributed by atoms with van der Waals surface area (Å²) in [6, 6.07) is 3.66. The minimum absolute atomic E-state index is 0.220. The molecule has 4 heterocycles. The van der Waals surface area contributed by atoms with E-state index in [1.807, 2.05) is 53.7 Å². The summed E-state index contributed by atoms with van der Waals surface area (Å²) in [7, 11) is 0. The molecule has 0 radical (unpaired) electrons. The van der Waals surface area contributed by atoms with Crippen LogP contribution in [0.2, 0.25) is 0 Å². The maximum atomic E-state index is 13.1. The van der Waals surface area contributed by atoms with Gasteiger partial charge in [-0.15, -0.1) is 5.10 Å². The number of rotatable bonds is 3. The number of carbonyl (C=O) groups is 4. The van der Waals surface area contributed by atoms with Crippen LogP contribution in [0.4, 0.5) is 22.0 Å². The Morgan fingerprint density at radius 2 is 1.09 bits per heavy atom. The summed E-state index contributed by atoms with van der Waals surface area (Å²) in [6.07, 6.45) is 4.83. The number of fused-ring (bicyclic) bond motifs is 1. The summed E-state index contributed by atoms with van der Waals surface area (Å²) in [5.74, 6) is -12.3. The fraction of sp³-hybridized carbons (Fsp3) is 0.514. The van der Waals surface area contributed by atoms with Gasteiger partial charge in [0.15, 0.2) is 5.75 Å². The molecule has 1 aromatic carbocycles. The van der Waals surface area contributed by atoms with Gasteiger partial charge in [-0.05, 0) is 100 Å². The predicted molar refractivity (Wildman–Crippen MR) is 181 cm³/mol. The third-order valence-electron chi connectivity index (χ3n) is 5.97. The second-order valence-corrected chi connectivity index (χ2v) is 15.4. The second kappa shape index (κ2) is 16.8. The largest absolute Gasteiger partial charge is 0.482 e. The third-order valence-corrected chi connectivity index (χ3v) is 5.97. The van der Waals surface area contributed by atoms with Crippen molar-refractivity contribution in [2.75, 3.05) is 0 Å². The zero-order chi connectivity index (χ0) is 40.9. The molecule has 2 aromatic heterocycles. The van der Waals surface area contributed by atoms with Crippen LogP contribution < -0.4 is 9.57 Å². The molecule has 3 aromatic rings. The van der Waals surface area contributed by atoms with E-state index in [0.717, 1.165) is 10.6 Å². The van der Waals surface area contributed by atoms with Gasteiger partial charge in [0.25, 0.3) is 23.6 Å². The van der Waals surface area contributed by atoms with E-state index in [9.17, 15) is 41.1 Å². The van der Waals surface area contributed by atoms with Gasteiger partial charge < -0.3 is 9.57 Å². The van der Waals surface area contributed by atoms with Gasteiger partial charge in [-0.3, -0.25) is 28.9 Å². The standard InChI is InChI=1S/C10H9F5O.C9H12N4O.C8H13NO3.C8H11NO2/c1-10(2,3)16-9-7(14)5(12)4(11)6(13)8(9)15;1-9(2,3)14-13-8-7(11-12-13)5-4-6-10-8;1-8(2,3)12-9-6(10)4-5-7(9)11;1-8(2,3)9-6(10)4-5-7(9)11/h1-3H3;4-6H,1-3H3;4-5H2,1-3H3;4-5H,1-3H3. The Labute approximate surface area is 304 Å². The van der Waals surface area contributed by atoms with Crippen molar-refractivity contribution in [2.45, 2.75) is 118 Å². The monoisotopic (exact) mass is 756 g/mol. The SMILES string of the molecule is CC(C)(C)N1C(=O)C=CC1=O.CC(C)(C)ON1C(=O)CCC1=O.CC(C)(C)Oc1c(F)c(F)c(F)c(F)c1F.CC(C)(C)On1nnc2cccnc21. The van der Waals surface area contributed by atoms with E-state index in [0.29, 0.717) is 5.65 Å². The van der Waals surface area contributed by atoms with Crippen LogP contribution >= 0.6 is 0 Å². The van der Waals surface area contributed by atoms with Crippen molar-refractivity contribution < 1.29 is 55.5 Å². The van der Waals surface area contributed by atoms with Gasteiger partial charge in [0, 0.05) is 36.7 Å². The molecule has 292 valence electrons. The van der Waals surface area contributed by atoms with Crippen LogP contribution in [0.25, 0.3) is 11.2 Å². The number of amides is 4. The highest BCUT2D eigenvalue weighted by Crippen LogP contribution is 2.31. The Morgan fingerprint density at radius 3 is 1.49 bits per heavy atom. The molecule has 18 heteroatoms. The molecule has 0 atom stereocenters. The molecule has 0 N–H and O–H groups in total. The first-order valence-electron chi connectivity index (χ1n) is 16.2. The highest BCUT2D eigenvalue weighted by Gasteiger charge is 2.34. The zero-order valence-corrected chi connectivity index (χ0v) is 31.7. The topological polar surface area (TPSA) is 146 Å². The molecule has 13 nitrogen and oxygen atoms in total. The predicted octanol–water partition coefficient (Wildman–Crippen LogP) is 6.19. The first-order chi connectivity index (χ1) is 24.0. The molecule has 5 rings (SSSR count). The highest BCUT2D eigenvalue weighted by molar-refractivity contribution is 6.13. The van der Waals surface area contributed by atoms with Gasteiger partial charge in [-0.1, -0.05) is 4.85 Å². The number of hydroxylamine groups is 2. The number of pyridine rings is 1. The molecule has 0 spiro atoms. The third kappa shape index (κ3) is 12.9. The minimum Gasteiger partial charge on any atom is -0.482 e. The van der Waals surface area contributed by atoms with Crippen molar-refractivity contribution in [1.29, 1.82) is 0 Å². The van der Waals surface area contributed by atoms with Crippen LogP contribution in [0.1, 0.15) is 95.9 Å². The van der Waals surface area contributed by atoms with Crippen molar-refractivity contribution in [1.82, 2.24) is 30.1 Å². The maximum absolute atomic E-state index is 13.1. The van der Waals surface area contributed by atoms with Crippen LogP contribution in [-0.2, 0) is 24.0 Å². The molecule has 1 saturated heterocycles. The summed E-state index contributed by atoms with van der Waals surface area (Å²) in [4.78, 5) is 61.6. The van der Waals surface area contributed by atoms with Crippen LogP contribution in [0.3, 0.4) is 0 Å². The number of hydrogen-bond donors (Lipinski definition) is 0. The number of ether oxygens (including phenoxy) is 1. The summed E-state index contributed by atoms with van der Waals surface area (Å²) < 4.78 is 69.0. The number of hydrogen-bond acceptors (Lipinski definition) is 10. The van der Waals surface area contributed by atoms with Crippen molar-refractivity contribution in [3.8, 4) is 5.75 Å². The quantitative estimate of drug-likeness (QED) is 0.131.